The zero-order valence-electron chi connectivity index (χ0n) is 15.3. The van der Waals surface area contributed by atoms with Crippen molar-refractivity contribution in [3.05, 3.63) is 45.7 Å². The Bertz CT molecular complexity index is 986. The van der Waals surface area contributed by atoms with E-state index in [1.54, 1.807) is 12.1 Å². The number of ether oxygens (including phenoxy) is 1. The Morgan fingerprint density at radius 1 is 1.21 bits per heavy atom. The lowest BCUT2D eigenvalue weighted by Gasteiger charge is -2.21. The fraction of sp³-hybridized carbons (Fsp3) is 0.333. The number of thiophene rings is 1. The SMILES string of the molecule is N#Cc1sccc1-c1csc(Nc2ccc(OCC3CCCCC3)c(F)c2)n1. The first-order valence-corrected chi connectivity index (χ1v) is 11.1. The predicted molar refractivity (Wildman–Crippen MR) is 112 cm³/mol. The van der Waals surface area contributed by atoms with E-state index in [4.69, 9.17) is 10.00 Å². The van der Waals surface area contributed by atoms with Crippen LogP contribution >= 0.6 is 22.7 Å². The summed E-state index contributed by atoms with van der Waals surface area (Å²) in [7, 11) is 0. The lowest BCUT2D eigenvalue weighted by molar-refractivity contribution is 0.202. The Labute approximate surface area is 171 Å². The number of nitrogens with zero attached hydrogens (tertiary/aromatic N) is 2. The Morgan fingerprint density at radius 3 is 2.86 bits per heavy atom. The topological polar surface area (TPSA) is 57.9 Å². The van der Waals surface area contributed by atoms with Gasteiger partial charge in [-0.05, 0) is 42.3 Å². The second kappa shape index (κ2) is 8.72. The van der Waals surface area contributed by atoms with Gasteiger partial charge in [0.05, 0.1) is 12.3 Å². The molecule has 1 aliphatic carbocycles. The highest BCUT2D eigenvalue weighted by atomic mass is 32.1. The number of benzene rings is 1. The van der Waals surface area contributed by atoms with Gasteiger partial charge in [0.2, 0.25) is 0 Å². The minimum absolute atomic E-state index is 0.299. The Kier molecular flexibility index (Phi) is 5.89. The maximum atomic E-state index is 14.4. The van der Waals surface area contributed by atoms with E-state index in [9.17, 15) is 4.39 Å². The Balaban J connectivity index is 1.40. The number of nitriles is 1. The van der Waals surface area contributed by atoms with Crippen molar-refractivity contribution < 1.29 is 9.13 Å². The summed E-state index contributed by atoms with van der Waals surface area (Å²) in [6, 6.07) is 8.97. The molecule has 0 spiro atoms. The van der Waals surface area contributed by atoms with Crippen LogP contribution < -0.4 is 10.1 Å². The second-order valence-electron chi connectivity index (χ2n) is 6.90. The zero-order chi connectivity index (χ0) is 19.3. The van der Waals surface area contributed by atoms with Crippen molar-refractivity contribution in [1.82, 2.24) is 4.98 Å². The van der Waals surface area contributed by atoms with Crippen molar-refractivity contribution in [2.24, 2.45) is 5.92 Å². The van der Waals surface area contributed by atoms with Crippen LogP contribution in [0.1, 0.15) is 37.0 Å². The molecule has 4 rings (SSSR count). The normalized spacial score (nSPS) is 14.6. The van der Waals surface area contributed by atoms with Crippen LogP contribution in [-0.2, 0) is 0 Å². The number of anilines is 2. The molecule has 7 heteroatoms. The Hall–Kier alpha value is -2.43. The van der Waals surface area contributed by atoms with Gasteiger partial charge >= 0.3 is 0 Å². The smallest absolute Gasteiger partial charge is 0.187 e. The van der Waals surface area contributed by atoms with Crippen molar-refractivity contribution in [3.63, 3.8) is 0 Å². The van der Waals surface area contributed by atoms with E-state index in [0.717, 1.165) is 11.3 Å². The molecule has 1 saturated carbocycles. The maximum Gasteiger partial charge on any atom is 0.187 e. The third kappa shape index (κ3) is 4.34. The number of aromatic nitrogens is 1. The third-order valence-electron chi connectivity index (χ3n) is 4.93. The lowest BCUT2D eigenvalue weighted by atomic mass is 9.90. The van der Waals surface area contributed by atoms with E-state index < -0.39 is 0 Å². The van der Waals surface area contributed by atoms with Gasteiger partial charge in [-0.15, -0.1) is 22.7 Å². The summed E-state index contributed by atoms with van der Waals surface area (Å²) < 4.78 is 20.1. The molecule has 0 unspecified atom stereocenters. The van der Waals surface area contributed by atoms with Crippen LogP contribution in [0.4, 0.5) is 15.2 Å². The van der Waals surface area contributed by atoms with Crippen LogP contribution in [0.25, 0.3) is 11.3 Å². The monoisotopic (exact) mass is 413 g/mol. The van der Waals surface area contributed by atoms with E-state index in [1.807, 2.05) is 16.8 Å². The van der Waals surface area contributed by atoms with Crippen molar-refractivity contribution in [2.45, 2.75) is 32.1 Å². The standard InChI is InChI=1S/C21H20FN3OS2/c22-17-10-15(6-7-19(17)26-12-14-4-2-1-3-5-14)24-21-25-18(13-28-21)16-8-9-27-20(16)11-23/h6-10,13-14H,1-5,12H2,(H,24,25). The van der Waals surface area contributed by atoms with Gasteiger partial charge in [-0.1, -0.05) is 19.3 Å². The van der Waals surface area contributed by atoms with Crippen LogP contribution in [0.15, 0.2) is 35.0 Å². The second-order valence-corrected chi connectivity index (χ2v) is 8.67. The van der Waals surface area contributed by atoms with Gasteiger partial charge in [0.15, 0.2) is 16.7 Å². The van der Waals surface area contributed by atoms with Gasteiger partial charge in [0.1, 0.15) is 10.9 Å². The van der Waals surface area contributed by atoms with E-state index in [-0.39, 0.29) is 5.82 Å². The highest BCUT2D eigenvalue weighted by Gasteiger charge is 2.15. The highest BCUT2D eigenvalue weighted by molar-refractivity contribution is 7.14. The van der Waals surface area contributed by atoms with Crippen LogP contribution in [0, 0.1) is 23.1 Å². The summed E-state index contributed by atoms with van der Waals surface area (Å²) in [4.78, 5) is 5.16. The Morgan fingerprint density at radius 2 is 2.07 bits per heavy atom. The molecule has 0 atom stereocenters. The van der Waals surface area contributed by atoms with Gasteiger partial charge in [-0.2, -0.15) is 5.26 Å². The van der Waals surface area contributed by atoms with E-state index >= 15 is 0 Å². The molecule has 1 fully saturated rings. The molecule has 0 saturated heterocycles. The van der Waals surface area contributed by atoms with E-state index in [1.165, 1.54) is 60.8 Å². The zero-order valence-corrected chi connectivity index (χ0v) is 16.9. The third-order valence-corrected chi connectivity index (χ3v) is 6.51. The summed E-state index contributed by atoms with van der Waals surface area (Å²) in [5, 5.41) is 16.7. The molecule has 0 bridgehead atoms. The molecule has 4 nitrogen and oxygen atoms in total. The summed E-state index contributed by atoms with van der Waals surface area (Å²) in [6.45, 7) is 0.585. The predicted octanol–water partition coefficient (Wildman–Crippen LogP) is 6.59. The first-order chi connectivity index (χ1) is 13.7. The number of rotatable bonds is 6. The van der Waals surface area contributed by atoms with Gasteiger partial charge < -0.3 is 10.1 Å². The molecule has 28 heavy (non-hydrogen) atoms. The van der Waals surface area contributed by atoms with E-state index in [2.05, 4.69) is 16.4 Å². The van der Waals surface area contributed by atoms with Crippen molar-refractivity contribution >= 4 is 33.5 Å². The number of thiazole rings is 1. The first kappa shape index (κ1) is 18.9. The summed E-state index contributed by atoms with van der Waals surface area (Å²) in [5.74, 6) is 0.463. The fourth-order valence-electron chi connectivity index (χ4n) is 3.43. The largest absolute Gasteiger partial charge is 0.490 e. The highest BCUT2D eigenvalue weighted by Crippen LogP contribution is 2.32. The molecule has 2 aromatic heterocycles. The number of halogens is 1. The summed E-state index contributed by atoms with van der Waals surface area (Å²) in [6.07, 6.45) is 6.14. The first-order valence-electron chi connectivity index (χ1n) is 9.36. The van der Waals surface area contributed by atoms with Crippen LogP contribution in [0.2, 0.25) is 0 Å². The molecule has 2 heterocycles. The average molecular weight is 414 g/mol. The summed E-state index contributed by atoms with van der Waals surface area (Å²) >= 11 is 2.82. The molecule has 3 aromatic rings. The molecule has 0 aliphatic heterocycles. The molecule has 0 radical (unpaired) electrons. The van der Waals surface area contributed by atoms with Crippen LogP contribution in [0.3, 0.4) is 0 Å². The average Bonchev–Trinajstić information content (AvgIpc) is 3.37. The maximum absolute atomic E-state index is 14.4. The quantitative estimate of drug-likeness (QED) is 0.495. The van der Waals surface area contributed by atoms with Gasteiger partial charge in [0.25, 0.3) is 0 Å². The molecule has 1 aliphatic rings. The summed E-state index contributed by atoms with van der Waals surface area (Å²) in [5.41, 5.74) is 2.20. The fourth-order valence-corrected chi connectivity index (χ4v) is 4.86. The molecule has 0 amide bonds. The molecule has 144 valence electrons. The number of hydrogen-bond donors (Lipinski definition) is 1. The van der Waals surface area contributed by atoms with Gasteiger partial charge in [-0.3, -0.25) is 0 Å². The molecule has 1 N–H and O–H groups in total. The molecular weight excluding hydrogens is 393 g/mol. The van der Waals surface area contributed by atoms with Crippen LogP contribution in [-0.4, -0.2) is 11.6 Å². The number of hydrogen-bond acceptors (Lipinski definition) is 6. The van der Waals surface area contributed by atoms with Crippen molar-refractivity contribution in [3.8, 4) is 23.1 Å². The van der Waals surface area contributed by atoms with Crippen molar-refractivity contribution in [1.29, 1.82) is 5.26 Å². The lowest BCUT2D eigenvalue weighted by Crippen LogP contribution is -2.15. The minimum Gasteiger partial charge on any atom is -0.490 e. The van der Waals surface area contributed by atoms with Crippen LogP contribution in [0.5, 0.6) is 5.75 Å². The number of nitrogens with one attached hydrogen (secondary N) is 1. The van der Waals surface area contributed by atoms with E-state index in [0.29, 0.717) is 34.0 Å². The van der Waals surface area contributed by atoms with Gasteiger partial charge in [-0.25, -0.2) is 9.37 Å². The van der Waals surface area contributed by atoms with Gasteiger partial charge in [0, 0.05) is 22.7 Å². The van der Waals surface area contributed by atoms with Crippen molar-refractivity contribution in [2.75, 3.05) is 11.9 Å². The minimum atomic E-state index is -0.373. The molecule has 1 aromatic carbocycles. The molecular formula is C21H20FN3OS2.